The normalized spacial score (nSPS) is 17.1. The molecule has 0 atom stereocenters. The van der Waals surface area contributed by atoms with E-state index in [0.29, 0.717) is 17.9 Å². The smallest absolute Gasteiger partial charge is 0.255 e. The van der Waals surface area contributed by atoms with Crippen molar-refractivity contribution in [3.05, 3.63) is 17.7 Å². The van der Waals surface area contributed by atoms with Crippen molar-refractivity contribution in [1.29, 1.82) is 0 Å². The lowest BCUT2D eigenvalue weighted by Crippen LogP contribution is -2.24. The van der Waals surface area contributed by atoms with Crippen LogP contribution in [0.3, 0.4) is 0 Å². The Morgan fingerprint density at radius 3 is 2.80 bits per heavy atom. The standard InChI is InChI=1S/C10H9NO4/c1-13-11-7-4-9-8(14-5-15-9)2-6(7)3-10(11)12/h2,4H,3,5H2,1H3. The highest BCUT2D eigenvalue weighted by Gasteiger charge is 2.30. The molecule has 0 saturated heterocycles. The molecule has 5 nitrogen and oxygen atoms in total. The van der Waals surface area contributed by atoms with Gasteiger partial charge < -0.3 is 9.47 Å². The quantitative estimate of drug-likeness (QED) is 0.685. The summed E-state index contributed by atoms with van der Waals surface area (Å²) in [5.41, 5.74) is 1.65. The molecule has 1 amide bonds. The number of rotatable bonds is 1. The average Bonchev–Trinajstić information content (AvgIpc) is 2.76. The van der Waals surface area contributed by atoms with Crippen LogP contribution in [0.5, 0.6) is 11.5 Å². The molecule has 3 rings (SSSR count). The van der Waals surface area contributed by atoms with Crippen molar-refractivity contribution >= 4 is 11.6 Å². The van der Waals surface area contributed by atoms with E-state index >= 15 is 0 Å². The fourth-order valence-corrected chi connectivity index (χ4v) is 1.87. The monoisotopic (exact) mass is 207 g/mol. The SMILES string of the molecule is CON1C(=O)Cc2cc3c(cc21)OCO3. The van der Waals surface area contributed by atoms with Gasteiger partial charge in [-0.1, -0.05) is 0 Å². The molecular weight excluding hydrogens is 198 g/mol. The van der Waals surface area contributed by atoms with Gasteiger partial charge in [0.25, 0.3) is 5.91 Å². The second kappa shape index (κ2) is 2.87. The molecule has 0 aliphatic carbocycles. The Hall–Kier alpha value is -1.75. The van der Waals surface area contributed by atoms with Crippen LogP contribution < -0.4 is 14.5 Å². The summed E-state index contributed by atoms with van der Waals surface area (Å²) in [5.74, 6) is 1.28. The predicted molar refractivity (Wildman–Crippen MR) is 50.8 cm³/mol. The third-order valence-corrected chi connectivity index (χ3v) is 2.54. The van der Waals surface area contributed by atoms with E-state index in [1.807, 2.05) is 6.07 Å². The highest BCUT2D eigenvalue weighted by molar-refractivity contribution is 6.00. The summed E-state index contributed by atoms with van der Waals surface area (Å²) >= 11 is 0. The number of fused-ring (bicyclic) bond motifs is 2. The number of anilines is 1. The molecule has 0 spiro atoms. The van der Waals surface area contributed by atoms with Gasteiger partial charge in [0.05, 0.1) is 19.2 Å². The van der Waals surface area contributed by atoms with Crippen LogP contribution >= 0.6 is 0 Å². The molecular formula is C10H9NO4. The van der Waals surface area contributed by atoms with E-state index in [0.717, 1.165) is 11.3 Å². The van der Waals surface area contributed by atoms with Gasteiger partial charge in [0.15, 0.2) is 11.5 Å². The number of hydrogen-bond acceptors (Lipinski definition) is 4. The van der Waals surface area contributed by atoms with Crippen LogP contribution in [0, 0.1) is 0 Å². The fraction of sp³-hybridized carbons (Fsp3) is 0.300. The van der Waals surface area contributed by atoms with E-state index in [2.05, 4.69) is 0 Å². The zero-order valence-corrected chi connectivity index (χ0v) is 8.15. The van der Waals surface area contributed by atoms with Crippen LogP contribution in [0.2, 0.25) is 0 Å². The average molecular weight is 207 g/mol. The Balaban J connectivity index is 2.12. The molecule has 1 aromatic carbocycles. The highest BCUT2D eigenvalue weighted by Crippen LogP contribution is 2.41. The minimum Gasteiger partial charge on any atom is -0.454 e. The van der Waals surface area contributed by atoms with Gasteiger partial charge in [-0.3, -0.25) is 9.63 Å². The molecule has 0 radical (unpaired) electrons. The van der Waals surface area contributed by atoms with E-state index in [9.17, 15) is 4.79 Å². The zero-order valence-electron chi connectivity index (χ0n) is 8.15. The fourth-order valence-electron chi connectivity index (χ4n) is 1.87. The zero-order chi connectivity index (χ0) is 10.4. The molecule has 2 aliphatic heterocycles. The van der Waals surface area contributed by atoms with Crippen LogP contribution in [-0.4, -0.2) is 19.8 Å². The molecule has 2 heterocycles. The van der Waals surface area contributed by atoms with Crippen LogP contribution in [-0.2, 0) is 16.1 Å². The third kappa shape index (κ3) is 1.10. The number of ether oxygens (including phenoxy) is 2. The van der Waals surface area contributed by atoms with Gasteiger partial charge in [0.1, 0.15) is 0 Å². The first-order valence-corrected chi connectivity index (χ1v) is 4.59. The molecule has 78 valence electrons. The van der Waals surface area contributed by atoms with Crippen molar-refractivity contribution in [2.75, 3.05) is 19.0 Å². The molecule has 0 saturated carbocycles. The summed E-state index contributed by atoms with van der Waals surface area (Å²) in [5, 5.41) is 1.28. The Kier molecular flexibility index (Phi) is 1.63. The van der Waals surface area contributed by atoms with Gasteiger partial charge in [-0.2, -0.15) is 5.06 Å². The number of benzene rings is 1. The molecule has 0 aromatic heterocycles. The predicted octanol–water partition coefficient (Wildman–Crippen LogP) is 0.866. The summed E-state index contributed by atoms with van der Waals surface area (Å²) in [6, 6.07) is 3.60. The summed E-state index contributed by atoms with van der Waals surface area (Å²) in [6.45, 7) is 0.235. The molecule has 2 aliphatic rings. The summed E-state index contributed by atoms with van der Waals surface area (Å²) in [4.78, 5) is 16.5. The van der Waals surface area contributed by atoms with E-state index < -0.39 is 0 Å². The highest BCUT2D eigenvalue weighted by atomic mass is 16.7. The van der Waals surface area contributed by atoms with Crippen molar-refractivity contribution in [2.24, 2.45) is 0 Å². The van der Waals surface area contributed by atoms with Crippen LogP contribution in [0.4, 0.5) is 5.69 Å². The Morgan fingerprint density at radius 1 is 1.33 bits per heavy atom. The second-order valence-corrected chi connectivity index (χ2v) is 3.38. The maximum Gasteiger partial charge on any atom is 0.255 e. The number of carbonyl (C=O) groups is 1. The number of carbonyl (C=O) groups excluding carboxylic acids is 1. The molecule has 1 aromatic rings. The first-order chi connectivity index (χ1) is 7.29. The van der Waals surface area contributed by atoms with Crippen molar-refractivity contribution in [3.8, 4) is 11.5 Å². The molecule has 0 bridgehead atoms. The number of hydrogen-bond donors (Lipinski definition) is 0. The summed E-state index contributed by atoms with van der Waals surface area (Å²) in [6.07, 6.45) is 0.347. The van der Waals surface area contributed by atoms with E-state index in [1.165, 1.54) is 12.2 Å². The molecule has 15 heavy (non-hydrogen) atoms. The second-order valence-electron chi connectivity index (χ2n) is 3.38. The van der Waals surface area contributed by atoms with Gasteiger partial charge >= 0.3 is 0 Å². The molecule has 0 unspecified atom stereocenters. The van der Waals surface area contributed by atoms with Crippen molar-refractivity contribution < 1.29 is 19.1 Å². The topological polar surface area (TPSA) is 48.0 Å². The lowest BCUT2D eigenvalue weighted by atomic mass is 10.1. The summed E-state index contributed by atoms with van der Waals surface area (Å²) in [7, 11) is 1.47. The minimum absolute atomic E-state index is 0.0730. The number of amides is 1. The largest absolute Gasteiger partial charge is 0.454 e. The maximum absolute atomic E-state index is 11.5. The Labute approximate surface area is 86.1 Å². The van der Waals surface area contributed by atoms with Crippen LogP contribution in [0.15, 0.2) is 12.1 Å². The van der Waals surface area contributed by atoms with Gasteiger partial charge in [-0.05, 0) is 11.6 Å². The van der Waals surface area contributed by atoms with Crippen LogP contribution in [0.1, 0.15) is 5.56 Å². The van der Waals surface area contributed by atoms with Gasteiger partial charge in [-0.15, -0.1) is 0 Å². The Morgan fingerprint density at radius 2 is 2.07 bits per heavy atom. The maximum atomic E-state index is 11.5. The van der Waals surface area contributed by atoms with E-state index in [-0.39, 0.29) is 12.7 Å². The van der Waals surface area contributed by atoms with Gasteiger partial charge in [-0.25, -0.2) is 0 Å². The lowest BCUT2D eigenvalue weighted by molar-refractivity contribution is -0.123. The number of hydroxylamine groups is 1. The van der Waals surface area contributed by atoms with Crippen molar-refractivity contribution in [2.45, 2.75) is 6.42 Å². The van der Waals surface area contributed by atoms with Crippen molar-refractivity contribution in [1.82, 2.24) is 0 Å². The summed E-state index contributed by atoms with van der Waals surface area (Å²) < 4.78 is 10.5. The molecule has 5 heteroatoms. The minimum atomic E-state index is -0.0730. The lowest BCUT2D eigenvalue weighted by Gasteiger charge is -2.13. The molecule has 0 fully saturated rings. The molecule has 0 N–H and O–H groups in total. The van der Waals surface area contributed by atoms with Gasteiger partial charge in [0, 0.05) is 6.07 Å². The first-order valence-electron chi connectivity index (χ1n) is 4.59. The van der Waals surface area contributed by atoms with E-state index in [4.69, 9.17) is 14.3 Å². The Bertz CT molecular complexity index is 443. The number of nitrogens with zero attached hydrogens (tertiary/aromatic N) is 1. The van der Waals surface area contributed by atoms with Crippen LogP contribution in [0.25, 0.3) is 0 Å². The van der Waals surface area contributed by atoms with Gasteiger partial charge in [0.2, 0.25) is 6.79 Å². The van der Waals surface area contributed by atoms with E-state index in [1.54, 1.807) is 6.07 Å². The van der Waals surface area contributed by atoms with Crippen molar-refractivity contribution in [3.63, 3.8) is 0 Å². The first kappa shape index (κ1) is 8.55. The third-order valence-electron chi connectivity index (χ3n) is 2.54.